The average Bonchev–Trinajstić information content (AvgIpc) is 2.62. The summed E-state index contributed by atoms with van der Waals surface area (Å²) in [6.45, 7) is 0. The summed E-state index contributed by atoms with van der Waals surface area (Å²) in [6.07, 6.45) is 0. The number of aliphatic imine (C=N–C) groups is 1. The van der Waals surface area contributed by atoms with E-state index in [0.29, 0.717) is 10.7 Å². The molecule has 1 nitrogen and oxygen atoms in total. The molecule has 0 fully saturated rings. The van der Waals surface area contributed by atoms with E-state index in [0.717, 1.165) is 11.1 Å². The van der Waals surface area contributed by atoms with Crippen LogP contribution in [0.15, 0.2) is 77.8 Å². The van der Waals surface area contributed by atoms with Gasteiger partial charge >= 0.3 is 0 Å². The summed E-state index contributed by atoms with van der Waals surface area (Å²) in [5, 5.41) is 2.87. The molecule has 0 N–H and O–H groups in total. The monoisotopic (exact) mass is 345 g/mol. The summed E-state index contributed by atoms with van der Waals surface area (Å²) >= 11 is 10.8. The maximum atomic E-state index is 6.21. The van der Waals surface area contributed by atoms with E-state index in [9.17, 15) is 0 Å². The maximum Gasteiger partial charge on any atom is 0.0755 e. The van der Waals surface area contributed by atoms with E-state index in [1.807, 2.05) is 42.5 Å². The van der Waals surface area contributed by atoms with Crippen molar-refractivity contribution in [1.29, 1.82) is 0 Å². The Hall–Kier alpha value is -2.69. The van der Waals surface area contributed by atoms with Crippen molar-refractivity contribution in [1.82, 2.24) is 0 Å². The fourth-order valence-electron chi connectivity index (χ4n) is 2.24. The summed E-state index contributed by atoms with van der Waals surface area (Å²) in [6, 6.07) is 23.8. The average molecular weight is 346 g/mol. The lowest BCUT2D eigenvalue weighted by atomic mass is 10.0. The van der Waals surface area contributed by atoms with Crippen molar-refractivity contribution in [2.75, 3.05) is 0 Å². The fraction of sp³-hybridized carbons (Fsp3) is 0. The molecule has 0 spiro atoms. The summed E-state index contributed by atoms with van der Waals surface area (Å²) < 4.78 is 0. The molecule has 0 bridgehead atoms. The van der Waals surface area contributed by atoms with Crippen molar-refractivity contribution in [3.8, 4) is 23.0 Å². The SMILES string of the molecule is S=C=Nc1ccc(C#Cc2ccc(-c3ccccc3)cc2)c(Cl)c1. The Kier molecular flexibility index (Phi) is 5.21. The minimum Gasteiger partial charge on any atom is -0.195 e. The molecule has 0 saturated heterocycles. The van der Waals surface area contributed by atoms with Crippen molar-refractivity contribution >= 4 is 34.7 Å². The first-order chi connectivity index (χ1) is 11.8. The van der Waals surface area contributed by atoms with Crippen molar-refractivity contribution in [2.24, 2.45) is 4.99 Å². The third-order valence-electron chi connectivity index (χ3n) is 3.46. The van der Waals surface area contributed by atoms with Crippen molar-refractivity contribution in [3.05, 3.63) is 88.9 Å². The van der Waals surface area contributed by atoms with Crippen LogP contribution in [0.1, 0.15) is 11.1 Å². The third-order valence-corrected chi connectivity index (χ3v) is 3.86. The van der Waals surface area contributed by atoms with Crippen LogP contribution < -0.4 is 0 Å². The maximum absolute atomic E-state index is 6.21. The van der Waals surface area contributed by atoms with Gasteiger partial charge in [0.15, 0.2) is 0 Å². The Morgan fingerprint density at radius 2 is 1.50 bits per heavy atom. The number of isothiocyanates is 1. The smallest absolute Gasteiger partial charge is 0.0755 e. The lowest BCUT2D eigenvalue weighted by molar-refractivity contribution is 1.53. The summed E-state index contributed by atoms with van der Waals surface area (Å²) in [5.41, 5.74) is 4.72. The zero-order valence-electron chi connectivity index (χ0n) is 12.7. The topological polar surface area (TPSA) is 12.4 Å². The Labute approximate surface area is 151 Å². The molecule has 0 heterocycles. The van der Waals surface area contributed by atoms with Crippen molar-refractivity contribution in [2.45, 2.75) is 0 Å². The normalized spacial score (nSPS) is 9.54. The van der Waals surface area contributed by atoms with Crippen LogP contribution in [-0.2, 0) is 0 Å². The van der Waals surface area contributed by atoms with E-state index < -0.39 is 0 Å². The second-order valence-electron chi connectivity index (χ2n) is 5.06. The van der Waals surface area contributed by atoms with Crippen LogP contribution in [0.4, 0.5) is 5.69 Å². The first-order valence-electron chi connectivity index (χ1n) is 7.31. The summed E-state index contributed by atoms with van der Waals surface area (Å²) in [7, 11) is 0. The number of benzene rings is 3. The van der Waals surface area contributed by atoms with E-state index >= 15 is 0 Å². The second kappa shape index (κ2) is 7.73. The molecule has 3 aromatic rings. The number of hydrogen-bond acceptors (Lipinski definition) is 2. The van der Waals surface area contributed by atoms with Crippen LogP contribution in [0.3, 0.4) is 0 Å². The Balaban J connectivity index is 1.83. The molecule has 0 amide bonds. The van der Waals surface area contributed by atoms with Crippen LogP contribution in [0.2, 0.25) is 5.02 Å². The standard InChI is InChI=1S/C21H12ClNS/c22-21-14-20(23-15-24)13-12-19(21)11-8-16-6-9-18(10-7-16)17-4-2-1-3-5-17/h1-7,9-10,12-14H. The quantitative estimate of drug-likeness (QED) is 0.308. The van der Waals surface area contributed by atoms with Crippen LogP contribution in [-0.4, -0.2) is 5.16 Å². The lowest BCUT2D eigenvalue weighted by Crippen LogP contribution is -1.80. The number of halogens is 1. The molecule has 0 aliphatic heterocycles. The van der Waals surface area contributed by atoms with Gasteiger partial charge in [-0.05, 0) is 53.7 Å². The Bertz CT molecular complexity index is 960. The highest BCUT2D eigenvalue weighted by Gasteiger charge is 1.99. The fourth-order valence-corrected chi connectivity index (χ4v) is 2.57. The first-order valence-corrected chi connectivity index (χ1v) is 8.10. The number of thiocarbonyl (C=S) groups is 1. The summed E-state index contributed by atoms with van der Waals surface area (Å²) in [5.74, 6) is 6.22. The minimum absolute atomic E-state index is 0.551. The van der Waals surface area contributed by atoms with Gasteiger partial charge in [-0.2, -0.15) is 4.99 Å². The zero-order chi connectivity index (χ0) is 16.8. The molecule has 3 heteroatoms. The molecule has 3 aromatic carbocycles. The number of hydrogen-bond donors (Lipinski definition) is 0. The molecule has 0 atom stereocenters. The molecule has 0 aromatic heterocycles. The van der Waals surface area contributed by atoms with Gasteiger partial charge in [0.25, 0.3) is 0 Å². The minimum atomic E-state index is 0.551. The van der Waals surface area contributed by atoms with Crippen LogP contribution in [0, 0.1) is 11.8 Å². The van der Waals surface area contributed by atoms with E-state index in [4.69, 9.17) is 11.6 Å². The van der Waals surface area contributed by atoms with Gasteiger partial charge in [-0.25, -0.2) is 0 Å². The number of nitrogens with zero attached hydrogens (tertiary/aromatic N) is 1. The Morgan fingerprint density at radius 1 is 0.792 bits per heavy atom. The first kappa shape index (κ1) is 16.2. The molecule has 0 aliphatic rings. The van der Waals surface area contributed by atoms with Crippen LogP contribution in [0.5, 0.6) is 0 Å². The molecule has 0 unspecified atom stereocenters. The van der Waals surface area contributed by atoms with Gasteiger partial charge in [-0.15, -0.1) is 0 Å². The highest BCUT2D eigenvalue weighted by Crippen LogP contribution is 2.22. The zero-order valence-corrected chi connectivity index (χ0v) is 14.2. The van der Waals surface area contributed by atoms with E-state index in [1.54, 1.807) is 6.07 Å². The van der Waals surface area contributed by atoms with Crippen molar-refractivity contribution in [3.63, 3.8) is 0 Å². The molecule has 0 aliphatic carbocycles. The van der Waals surface area contributed by atoms with Gasteiger partial charge in [0.2, 0.25) is 0 Å². The molecule has 114 valence electrons. The van der Waals surface area contributed by atoms with Gasteiger partial charge < -0.3 is 0 Å². The Morgan fingerprint density at radius 3 is 2.17 bits per heavy atom. The molecular weight excluding hydrogens is 334 g/mol. The molecular formula is C21H12ClNS. The van der Waals surface area contributed by atoms with Gasteiger partial charge in [0.05, 0.1) is 15.9 Å². The van der Waals surface area contributed by atoms with Crippen molar-refractivity contribution < 1.29 is 0 Å². The lowest BCUT2D eigenvalue weighted by Gasteiger charge is -2.01. The van der Waals surface area contributed by atoms with E-state index in [2.05, 4.69) is 58.5 Å². The third kappa shape index (κ3) is 3.98. The van der Waals surface area contributed by atoms with E-state index in [1.165, 1.54) is 11.1 Å². The molecule has 0 saturated carbocycles. The highest BCUT2D eigenvalue weighted by molar-refractivity contribution is 7.78. The number of rotatable bonds is 2. The molecule has 3 rings (SSSR count). The van der Waals surface area contributed by atoms with Gasteiger partial charge in [0, 0.05) is 11.1 Å². The van der Waals surface area contributed by atoms with Gasteiger partial charge in [-0.3, -0.25) is 0 Å². The highest BCUT2D eigenvalue weighted by atomic mass is 35.5. The predicted molar refractivity (Wildman–Crippen MR) is 104 cm³/mol. The largest absolute Gasteiger partial charge is 0.195 e. The molecule has 24 heavy (non-hydrogen) atoms. The summed E-state index contributed by atoms with van der Waals surface area (Å²) in [4.78, 5) is 3.90. The molecule has 0 radical (unpaired) electrons. The van der Waals surface area contributed by atoms with Crippen LogP contribution >= 0.6 is 23.8 Å². The predicted octanol–water partition coefficient (Wildman–Crippen LogP) is 6.14. The van der Waals surface area contributed by atoms with Gasteiger partial charge in [-0.1, -0.05) is 65.9 Å². The second-order valence-corrected chi connectivity index (χ2v) is 5.65. The van der Waals surface area contributed by atoms with Crippen LogP contribution in [0.25, 0.3) is 11.1 Å². The van der Waals surface area contributed by atoms with E-state index in [-0.39, 0.29) is 0 Å². The van der Waals surface area contributed by atoms with Gasteiger partial charge in [0.1, 0.15) is 0 Å².